The average molecular weight is 148 g/mol. The summed E-state index contributed by atoms with van der Waals surface area (Å²) < 4.78 is 0. The van der Waals surface area contributed by atoms with Gasteiger partial charge in [-0.05, 0) is 12.0 Å². The fraction of sp³-hybridized carbons (Fsp3) is 0.500. The van der Waals surface area contributed by atoms with E-state index in [1.54, 1.807) is 0 Å². The Kier molecular flexibility index (Phi) is 5.32. The quantitative estimate of drug-likeness (QED) is 0.549. The molecule has 9 heavy (non-hydrogen) atoms. The van der Waals surface area contributed by atoms with Crippen LogP contribution < -0.4 is 5.32 Å². The lowest BCUT2D eigenvalue weighted by atomic mass is 10.4. The smallest absolute Gasteiger partial charge is 0.220 e. The van der Waals surface area contributed by atoms with E-state index in [9.17, 15) is 4.79 Å². The number of nitrogens with one attached hydrogen (secondary N) is 1. The molecule has 1 N–H and O–H groups in total. The van der Waals surface area contributed by atoms with Crippen LogP contribution in [-0.2, 0) is 4.79 Å². The number of hydrogen-bond acceptors (Lipinski definition) is 1. The molecule has 0 aromatic rings. The van der Waals surface area contributed by atoms with Crippen molar-refractivity contribution in [1.82, 2.24) is 5.32 Å². The Labute approximate surface area is 59.9 Å². The Morgan fingerprint density at radius 3 is 2.44 bits per heavy atom. The third kappa shape index (κ3) is 5.37. The predicted molar refractivity (Wildman–Crippen MR) is 38.3 cm³/mol. The van der Waals surface area contributed by atoms with Gasteiger partial charge in [-0.1, -0.05) is 18.2 Å². The van der Waals surface area contributed by atoms with Gasteiger partial charge in [0.2, 0.25) is 5.91 Å². The van der Waals surface area contributed by atoms with Crippen molar-refractivity contribution in [3.8, 4) is 0 Å². The van der Waals surface area contributed by atoms with Crippen LogP contribution in [0.15, 0.2) is 12.1 Å². The molecule has 0 saturated carbocycles. The zero-order valence-corrected chi connectivity index (χ0v) is 5.95. The molecular weight excluding hydrogens is 138 g/mol. The van der Waals surface area contributed by atoms with Crippen LogP contribution in [0.25, 0.3) is 0 Å². The van der Waals surface area contributed by atoms with Gasteiger partial charge >= 0.3 is 0 Å². The highest BCUT2D eigenvalue weighted by molar-refractivity contribution is 6.25. The van der Waals surface area contributed by atoms with Crippen molar-refractivity contribution in [2.24, 2.45) is 0 Å². The van der Waals surface area contributed by atoms with Gasteiger partial charge in [-0.15, -0.1) is 0 Å². The molecular formula is C6H10ClNO. The topological polar surface area (TPSA) is 29.1 Å². The molecule has 1 aliphatic rings. The van der Waals surface area contributed by atoms with E-state index < -0.39 is 0 Å². The van der Waals surface area contributed by atoms with Crippen LogP contribution in [0.2, 0.25) is 0 Å². The van der Waals surface area contributed by atoms with Crippen LogP contribution in [0.4, 0.5) is 0 Å². The van der Waals surface area contributed by atoms with Gasteiger partial charge in [-0.2, -0.15) is 0 Å². The Morgan fingerprint density at radius 2 is 2.33 bits per heavy atom. The average Bonchev–Trinajstić information content (AvgIpc) is 2.20. The molecule has 0 radical (unpaired) electrons. The van der Waals surface area contributed by atoms with Crippen molar-refractivity contribution < 1.29 is 4.79 Å². The molecule has 52 valence electrons. The first-order valence-electron chi connectivity index (χ1n) is 2.79. The normalized spacial score (nSPS) is 15.4. The van der Waals surface area contributed by atoms with E-state index in [0.717, 1.165) is 19.4 Å². The third-order valence-corrected chi connectivity index (χ3v) is 0.903. The van der Waals surface area contributed by atoms with Crippen molar-refractivity contribution in [2.75, 3.05) is 6.54 Å². The molecule has 0 aromatic heterocycles. The molecule has 0 aliphatic carbocycles. The second kappa shape index (κ2) is 5.63. The largest absolute Gasteiger partial charge is 0.356 e. The standard InChI is InChI=1S/C4H7NO.C2H3Cl/c6-4-2-1-3-5-4;1-2-3/h1-3H2,(H,5,6);2H,1H2. The summed E-state index contributed by atoms with van der Waals surface area (Å²) >= 11 is 4.76. The minimum Gasteiger partial charge on any atom is -0.356 e. The number of hydrogen-bond donors (Lipinski definition) is 1. The lowest BCUT2D eigenvalue weighted by Crippen LogP contribution is -2.12. The monoisotopic (exact) mass is 147 g/mol. The number of halogens is 1. The van der Waals surface area contributed by atoms with E-state index in [-0.39, 0.29) is 5.91 Å². The number of rotatable bonds is 0. The van der Waals surface area contributed by atoms with Gasteiger partial charge in [0, 0.05) is 13.0 Å². The first kappa shape index (κ1) is 8.50. The minimum absolute atomic E-state index is 0.204. The number of carbonyl (C=O) groups is 1. The number of carbonyl (C=O) groups excluding carboxylic acids is 1. The van der Waals surface area contributed by atoms with Crippen molar-refractivity contribution in [1.29, 1.82) is 0 Å². The van der Waals surface area contributed by atoms with Gasteiger partial charge in [-0.25, -0.2) is 0 Å². The Bertz CT molecular complexity index is 95.2. The Morgan fingerprint density at radius 1 is 1.78 bits per heavy atom. The second-order valence-corrected chi connectivity index (χ2v) is 1.92. The van der Waals surface area contributed by atoms with Gasteiger partial charge in [0.15, 0.2) is 0 Å². The molecule has 1 heterocycles. The van der Waals surface area contributed by atoms with E-state index >= 15 is 0 Å². The summed E-state index contributed by atoms with van der Waals surface area (Å²) in [6, 6.07) is 0. The molecule has 2 nitrogen and oxygen atoms in total. The molecule has 1 amide bonds. The van der Waals surface area contributed by atoms with Crippen molar-refractivity contribution in [3.05, 3.63) is 12.1 Å². The van der Waals surface area contributed by atoms with Crippen LogP contribution >= 0.6 is 11.6 Å². The van der Waals surface area contributed by atoms with E-state index in [1.165, 1.54) is 5.54 Å². The minimum atomic E-state index is 0.204. The molecule has 1 aliphatic heterocycles. The van der Waals surface area contributed by atoms with Gasteiger partial charge in [0.1, 0.15) is 0 Å². The van der Waals surface area contributed by atoms with Gasteiger partial charge in [0.05, 0.1) is 0 Å². The van der Waals surface area contributed by atoms with Crippen molar-refractivity contribution >= 4 is 17.5 Å². The van der Waals surface area contributed by atoms with Crippen LogP contribution in [0.5, 0.6) is 0 Å². The lowest BCUT2D eigenvalue weighted by molar-refractivity contribution is -0.119. The summed E-state index contributed by atoms with van der Waals surface area (Å²) in [5.41, 5.74) is 1.22. The molecule has 0 spiro atoms. The van der Waals surface area contributed by atoms with E-state index in [1.807, 2.05) is 0 Å². The maximum absolute atomic E-state index is 10.1. The predicted octanol–water partition coefficient (Wildman–Crippen LogP) is 1.27. The second-order valence-electron chi connectivity index (χ2n) is 1.61. The summed E-state index contributed by atoms with van der Waals surface area (Å²) in [6.07, 6.45) is 1.76. The number of amides is 1. The molecule has 1 rings (SSSR count). The summed E-state index contributed by atoms with van der Waals surface area (Å²) in [5.74, 6) is 0.204. The van der Waals surface area contributed by atoms with Crippen LogP contribution in [0.1, 0.15) is 12.8 Å². The van der Waals surface area contributed by atoms with E-state index in [4.69, 9.17) is 11.6 Å². The lowest BCUT2D eigenvalue weighted by Gasteiger charge is -1.80. The molecule has 1 saturated heterocycles. The van der Waals surface area contributed by atoms with Gasteiger partial charge in [0.25, 0.3) is 0 Å². The Balaban J connectivity index is 0.000000187. The van der Waals surface area contributed by atoms with E-state index in [2.05, 4.69) is 11.9 Å². The Hall–Kier alpha value is -0.500. The molecule has 1 fully saturated rings. The SMILES string of the molecule is C=CCl.O=C1CCCN1. The fourth-order valence-corrected chi connectivity index (χ4v) is 0.565. The molecule has 0 bridgehead atoms. The molecule has 0 aromatic carbocycles. The molecule has 0 atom stereocenters. The third-order valence-electron chi connectivity index (χ3n) is 0.903. The highest BCUT2D eigenvalue weighted by Crippen LogP contribution is 1.93. The summed E-state index contributed by atoms with van der Waals surface area (Å²) in [5, 5.41) is 2.68. The van der Waals surface area contributed by atoms with Crippen LogP contribution in [-0.4, -0.2) is 12.5 Å². The van der Waals surface area contributed by atoms with Crippen molar-refractivity contribution in [3.63, 3.8) is 0 Å². The van der Waals surface area contributed by atoms with Crippen LogP contribution in [0.3, 0.4) is 0 Å². The summed E-state index contributed by atoms with van der Waals surface area (Å²) in [4.78, 5) is 10.1. The molecule has 0 unspecified atom stereocenters. The van der Waals surface area contributed by atoms with Crippen LogP contribution in [0, 0.1) is 0 Å². The zero-order valence-electron chi connectivity index (χ0n) is 5.19. The van der Waals surface area contributed by atoms with Gasteiger partial charge < -0.3 is 5.32 Å². The fourth-order valence-electron chi connectivity index (χ4n) is 0.565. The highest BCUT2D eigenvalue weighted by atomic mass is 35.5. The zero-order chi connectivity index (χ0) is 7.11. The maximum atomic E-state index is 10.1. The van der Waals surface area contributed by atoms with Gasteiger partial charge in [-0.3, -0.25) is 4.79 Å². The maximum Gasteiger partial charge on any atom is 0.220 e. The highest BCUT2D eigenvalue weighted by Gasteiger charge is 2.05. The summed E-state index contributed by atoms with van der Waals surface area (Å²) in [7, 11) is 0. The first-order valence-corrected chi connectivity index (χ1v) is 3.22. The first-order chi connectivity index (χ1) is 4.31. The van der Waals surface area contributed by atoms with Crippen molar-refractivity contribution in [2.45, 2.75) is 12.8 Å². The summed E-state index contributed by atoms with van der Waals surface area (Å²) in [6.45, 7) is 4.01. The van der Waals surface area contributed by atoms with E-state index in [0.29, 0.717) is 0 Å². The molecule has 3 heteroatoms.